The van der Waals surface area contributed by atoms with Gasteiger partial charge in [-0.15, -0.1) is 0 Å². The van der Waals surface area contributed by atoms with Gasteiger partial charge >= 0.3 is 0 Å². The molecule has 2 N–H and O–H groups in total. The number of nitrogens with zero attached hydrogens (tertiary/aromatic N) is 2. The highest BCUT2D eigenvalue weighted by Gasteiger charge is 2.28. The van der Waals surface area contributed by atoms with Gasteiger partial charge in [0.2, 0.25) is 0 Å². The molecule has 0 aromatic carbocycles. The smallest absolute Gasteiger partial charge is 0.135 e. The van der Waals surface area contributed by atoms with Gasteiger partial charge in [0.25, 0.3) is 0 Å². The first-order valence-corrected chi connectivity index (χ1v) is 7.37. The summed E-state index contributed by atoms with van der Waals surface area (Å²) >= 11 is 6.00. The summed E-state index contributed by atoms with van der Waals surface area (Å²) in [4.78, 5) is 8.63. The molecule has 2 rings (SSSR count). The van der Waals surface area contributed by atoms with Crippen LogP contribution in [0.1, 0.15) is 57.7 Å². The van der Waals surface area contributed by atoms with Crippen molar-refractivity contribution in [1.82, 2.24) is 9.97 Å². The molecule has 0 amide bonds. The van der Waals surface area contributed by atoms with Crippen LogP contribution in [0.25, 0.3) is 0 Å². The molecule has 19 heavy (non-hydrogen) atoms. The zero-order valence-electron chi connectivity index (χ0n) is 11.6. The Labute approximate surface area is 119 Å². The van der Waals surface area contributed by atoms with E-state index < -0.39 is 5.60 Å². The van der Waals surface area contributed by atoms with Gasteiger partial charge < -0.3 is 10.4 Å². The monoisotopic (exact) mass is 283 g/mol. The normalized spacial score (nSPS) is 18.6. The minimum Gasteiger partial charge on any atom is -0.388 e. The number of halogens is 1. The Morgan fingerprint density at radius 3 is 2.63 bits per heavy atom. The average molecular weight is 284 g/mol. The summed E-state index contributed by atoms with van der Waals surface area (Å²) in [5, 5.41) is 14.1. The first-order valence-electron chi connectivity index (χ1n) is 6.99. The predicted molar refractivity (Wildman–Crippen MR) is 77.7 cm³/mol. The Kier molecular flexibility index (Phi) is 4.63. The zero-order chi connectivity index (χ0) is 13.9. The van der Waals surface area contributed by atoms with E-state index in [4.69, 9.17) is 11.6 Å². The summed E-state index contributed by atoms with van der Waals surface area (Å²) in [7, 11) is 0. The first kappa shape index (κ1) is 14.5. The third kappa shape index (κ3) is 4.05. The lowest BCUT2D eigenvalue weighted by Crippen LogP contribution is -2.39. The molecule has 0 radical (unpaired) electrons. The van der Waals surface area contributed by atoms with Crippen LogP contribution in [0.2, 0.25) is 5.15 Å². The first-order chi connectivity index (χ1) is 8.98. The summed E-state index contributed by atoms with van der Waals surface area (Å²) < 4.78 is 0. The van der Waals surface area contributed by atoms with Gasteiger partial charge in [0.1, 0.15) is 16.8 Å². The van der Waals surface area contributed by atoms with Crippen molar-refractivity contribution < 1.29 is 5.11 Å². The minimum atomic E-state index is -0.604. The molecule has 106 valence electrons. The predicted octanol–water partition coefficient (Wildman–Crippen LogP) is 3.36. The molecule has 1 aromatic rings. The van der Waals surface area contributed by atoms with Crippen LogP contribution in [0.3, 0.4) is 0 Å². The maximum absolute atomic E-state index is 10.4. The summed E-state index contributed by atoms with van der Waals surface area (Å²) in [6, 6.07) is 1.71. The molecular formula is C14H22ClN3O. The van der Waals surface area contributed by atoms with E-state index in [-0.39, 0.29) is 5.92 Å². The number of hydrogen-bond acceptors (Lipinski definition) is 4. The fourth-order valence-corrected chi connectivity index (χ4v) is 2.62. The second-order valence-corrected chi connectivity index (χ2v) is 6.11. The molecule has 1 aliphatic rings. The van der Waals surface area contributed by atoms with Gasteiger partial charge in [-0.1, -0.05) is 44.7 Å². The van der Waals surface area contributed by atoms with Crippen LogP contribution in [-0.4, -0.2) is 27.2 Å². The van der Waals surface area contributed by atoms with Gasteiger partial charge in [0.15, 0.2) is 0 Å². The fraction of sp³-hybridized carbons (Fsp3) is 0.714. The third-order valence-electron chi connectivity index (χ3n) is 3.61. The minimum absolute atomic E-state index is 0.233. The molecule has 0 aliphatic heterocycles. The zero-order valence-corrected chi connectivity index (χ0v) is 12.4. The van der Waals surface area contributed by atoms with Gasteiger partial charge in [-0.05, 0) is 12.8 Å². The van der Waals surface area contributed by atoms with Crippen molar-refractivity contribution >= 4 is 17.4 Å². The molecule has 1 fully saturated rings. The summed E-state index contributed by atoms with van der Waals surface area (Å²) in [5.74, 6) is 1.66. The van der Waals surface area contributed by atoms with E-state index in [9.17, 15) is 5.11 Å². The lowest BCUT2D eigenvalue weighted by molar-refractivity contribution is 0.0166. The number of rotatable bonds is 4. The Morgan fingerprint density at radius 2 is 2.00 bits per heavy atom. The fourth-order valence-electron chi connectivity index (χ4n) is 2.43. The highest BCUT2D eigenvalue weighted by atomic mass is 35.5. The molecule has 1 saturated carbocycles. The second kappa shape index (κ2) is 6.06. The molecule has 5 heteroatoms. The van der Waals surface area contributed by atoms with E-state index in [0.29, 0.717) is 17.5 Å². The quantitative estimate of drug-likeness (QED) is 0.832. The van der Waals surface area contributed by atoms with Crippen molar-refractivity contribution in [1.29, 1.82) is 0 Å². The largest absolute Gasteiger partial charge is 0.388 e. The van der Waals surface area contributed by atoms with Crippen molar-refractivity contribution in [2.45, 2.75) is 57.5 Å². The Hall–Kier alpha value is -0.870. The van der Waals surface area contributed by atoms with Crippen molar-refractivity contribution in [2.75, 3.05) is 11.9 Å². The van der Waals surface area contributed by atoms with E-state index in [1.807, 2.05) is 13.8 Å². The van der Waals surface area contributed by atoms with Crippen LogP contribution < -0.4 is 5.32 Å². The molecule has 4 nitrogen and oxygen atoms in total. The highest BCUT2D eigenvalue weighted by molar-refractivity contribution is 6.29. The molecule has 1 heterocycles. The van der Waals surface area contributed by atoms with E-state index in [0.717, 1.165) is 31.5 Å². The summed E-state index contributed by atoms with van der Waals surface area (Å²) in [6.45, 7) is 4.59. The Bertz CT molecular complexity index is 431. The average Bonchev–Trinajstić information content (AvgIpc) is 2.37. The van der Waals surface area contributed by atoms with E-state index in [1.165, 1.54) is 6.42 Å². The third-order valence-corrected chi connectivity index (χ3v) is 3.81. The lowest BCUT2D eigenvalue weighted by Gasteiger charge is -2.32. The second-order valence-electron chi connectivity index (χ2n) is 5.73. The van der Waals surface area contributed by atoms with E-state index in [2.05, 4.69) is 15.3 Å². The van der Waals surface area contributed by atoms with Crippen molar-refractivity contribution in [3.8, 4) is 0 Å². The highest BCUT2D eigenvalue weighted by Crippen LogP contribution is 2.28. The molecule has 0 bridgehead atoms. The maximum Gasteiger partial charge on any atom is 0.135 e. The molecule has 0 unspecified atom stereocenters. The molecular weight excluding hydrogens is 262 g/mol. The molecule has 1 aromatic heterocycles. The lowest BCUT2D eigenvalue weighted by atomic mass is 9.85. The summed E-state index contributed by atoms with van der Waals surface area (Å²) in [5.41, 5.74) is -0.604. The van der Waals surface area contributed by atoms with Crippen molar-refractivity contribution in [2.24, 2.45) is 0 Å². The number of aromatic nitrogens is 2. The topological polar surface area (TPSA) is 58.0 Å². The van der Waals surface area contributed by atoms with Crippen molar-refractivity contribution in [3.05, 3.63) is 17.0 Å². The number of anilines is 1. The van der Waals surface area contributed by atoms with E-state index >= 15 is 0 Å². The molecule has 0 atom stereocenters. The molecule has 0 spiro atoms. The molecule has 1 aliphatic carbocycles. The van der Waals surface area contributed by atoms with Crippen LogP contribution in [0.5, 0.6) is 0 Å². The number of aliphatic hydroxyl groups is 1. The molecule has 0 saturated heterocycles. The van der Waals surface area contributed by atoms with Crippen LogP contribution in [0, 0.1) is 0 Å². The van der Waals surface area contributed by atoms with Crippen LogP contribution in [0.15, 0.2) is 6.07 Å². The Balaban J connectivity index is 2.02. The van der Waals surface area contributed by atoms with Crippen LogP contribution in [0.4, 0.5) is 5.82 Å². The van der Waals surface area contributed by atoms with Gasteiger partial charge in [0.05, 0.1) is 5.60 Å². The van der Waals surface area contributed by atoms with Gasteiger partial charge in [-0.3, -0.25) is 0 Å². The maximum atomic E-state index is 10.4. The standard InChI is InChI=1S/C14H22ClN3O/c1-10(2)13-17-11(15)8-12(18-13)16-9-14(19)6-4-3-5-7-14/h8,10,19H,3-7,9H2,1-2H3,(H,16,17,18). The summed E-state index contributed by atoms with van der Waals surface area (Å²) in [6.07, 6.45) is 5.13. The van der Waals surface area contributed by atoms with Crippen molar-refractivity contribution in [3.63, 3.8) is 0 Å². The van der Waals surface area contributed by atoms with Gasteiger partial charge in [-0.2, -0.15) is 0 Å². The number of nitrogens with one attached hydrogen (secondary N) is 1. The van der Waals surface area contributed by atoms with Gasteiger partial charge in [-0.25, -0.2) is 9.97 Å². The van der Waals surface area contributed by atoms with Crippen LogP contribution >= 0.6 is 11.6 Å². The SMILES string of the molecule is CC(C)c1nc(Cl)cc(NCC2(O)CCCCC2)n1. The van der Waals surface area contributed by atoms with Crippen LogP contribution in [-0.2, 0) is 0 Å². The van der Waals surface area contributed by atoms with Gasteiger partial charge in [0, 0.05) is 18.5 Å². The number of hydrogen-bond donors (Lipinski definition) is 2. The Morgan fingerprint density at radius 1 is 1.32 bits per heavy atom. The van der Waals surface area contributed by atoms with E-state index in [1.54, 1.807) is 6.07 Å².